The molecule has 0 saturated carbocycles. The van der Waals surface area contributed by atoms with Gasteiger partial charge in [0.15, 0.2) is 0 Å². The van der Waals surface area contributed by atoms with Gasteiger partial charge in [-0.3, -0.25) is 9.59 Å². The average Bonchev–Trinajstić information content (AvgIpc) is 3.16. The lowest BCUT2D eigenvalue weighted by Crippen LogP contribution is -2.35. The molecule has 7 nitrogen and oxygen atoms in total. The molecule has 37 heavy (non-hydrogen) atoms. The molecule has 3 aromatic rings. The lowest BCUT2D eigenvalue weighted by molar-refractivity contribution is -0.140. The fourth-order valence-electron chi connectivity index (χ4n) is 4.31. The first-order chi connectivity index (χ1) is 17.9. The number of carbonyl (C=O) groups excluding carboxylic acids is 2. The van der Waals surface area contributed by atoms with Crippen molar-refractivity contribution in [1.29, 1.82) is 0 Å². The lowest BCUT2D eigenvalue weighted by Gasteiger charge is -2.27. The highest BCUT2D eigenvalue weighted by Gasteiger charge is 2.46. The zero-order chi connectivity index (χ0) is 26.4. The maximum absolute atomic E-state index is 13.2. The van der Waals surface area contributed by atoms with Crippen LogP contribution in [-0.2, 0) is 16.2 Å². The van der Waals surface area contributed by atoms with E-state index in [1.165, 1.54) is 4.90 Å². The molecular weight excluding hydrogens is 468 g/mol. The molecule has 7 heteroatoms. The Labute approximate surface area is 217 Å². The Morgan fingerprint density at radius 1 is 0.919 bits per heavy atom. The Kier molecular flexibility index (Phi) is 8.25. The molecule has 0 radical (unpaired) electrons. The predicted molar refractivity (Wildman–Crippen MR) is 142 cm³/mol. The van der Waals surface area contributed by atoms with E-state index in [0.717, 1.165) is 5.56 Å². The molecule has 1 atom stereocenters. The molecule has 1 unspecified atom stereocenters. The number of aliphatic hydroxyl groups excluding tert-OH is 1. The van der Waals surface area contributed by atoms with E-state index in [9.17, 15) is 14.7 Å². The van der Waals surface area contributed by atoms with E-state index >= 15 is 0 Å². The molecule has 1 saturated heterocycles. The summed E-state index contributed by atoms with van der Waals surface area (Å²) in [6, 6.07) is 23.3. The van der Waals surface area contributed by atoms with Crippen molar-refractivity contribution in [3.05, 3.63) is 101 Å². The van der Waals surface area contributed by atoms with Crippen LogP contribution in [0, 0.1) is 0 Å². The van der Waals surface area contributed by atoms with Crippen LogP contribution in [0.25, 0.3) is 5.76 Å². The number of rotatable bonds is 10. The van der Waals surface area contributed by atoms with Crippen LogP contribution in [0.5, 0.6) is 11.5 Å². The van der Waals surface area contributed by atoms with Gasteiger partial charge in [0.05, 0.1) is 18.2 Å². The van der Waals surface area contributed by atoms with E-state index in [0.29, 0.717) is 48.9 Å². The highest BCUT2D eigenvalue weighted by molar-refractivity contribution is 6.46. The fourth-order valence-corrected chi connectivity index (χ4v) is 4.31. The molecule has 3 aromatic carbocycles. The summed E-state index contributed by atoms with van der Waals surface area (Å²) in [4.78, 5) is 29.9. The third-order valence-electron chi connectivity index (χ3n) is 6.19. The summed E-state index contributed by atoms with van der Waals surface area (Å²) < 4.78 is 11.5. The number of aliphatic hydroxyl groups is 1. The van der Waals surface area contributed by atoms with Crippen molar-refractivity contribution in [2.45, 2.75) is 19.6 Å². The lowest BCUT2D eigenvalue weighted by atomic mass is 9.95. The van der Waals surface area contributed by atoms with Gasteiger partial charge < -0.3 is 24.4 Å². The van der Waals surface area contributed by atoms with Crippen molar-refractivity contribution >= 4 is 17.4 Å². The summed E-state index contributed by atoms with van der Waals surface area (Å²) >= 11 is 0. The van der Waals surface area contributed by atoms with Gasteiger partial charge in [-0.05, 0) is 68.5 Å². The number of amides is 1. The minimum atomic E-state index is -0.744. The van der Waals surface area contributed by atoms with E-state index in [1.54, 1.807) is 24.3 Å². The van der Waals surface area contributed by atoms with E-state index in [1.807, 2.05) is 80.5 Å². The molecule has 1 heterocycles. The normalized spacial score (nSPS) is 16.9. The first kappa shape index (κ1) is 26.0. The van der Waals surface area contributed by atoms with Crippen LogP contribution in [0.15, 0.2) is 84.4 Å². The molecule has 0 aromatic heterocycles. The second-order valence-electron chi connectivity index (χ2n) is 9.10. The average molecular weight is 501 g/mol. The number of ketones is 1. The second-order valence-corrected chi connectivity index (χ2v) is 9.10. The Hall–Kier alpha value is -4.10. The highest BCUT2D eigenvalue weighted by atomic mass is 16.5. The third-order valence-corrected chi connectivity index (χ3v) is 6.19. The molecule has 1 aliphatic heterocycles. The number of Topliss-reactive ketones (excluding diaryl/α,β-unsaturated/α-hetero) is 1. The molecule has 1 aliphatic rings. The standard InChI is InChI=1S/C30H32N2O5/c1-4-36-24-15-13-22(14-16-24)28(33)26-27(32(18-17-31(2)3)30(35)29(26)34)23-11-8-12-25(19-23)37-20-21-9-6-5-7-10-21/h5-16,19,27,33H,4,17-18,20H2,1-3H3/b28-26-. The summed E-state index contributed by atoms with van der Waals surface area (Å²) in [6.45, 7) is 3.69. The van der Waals surface area contributed by atoms with Gasteiger partial charge in [0.1, 0.15) is 23.9 Å². The van der Waals surface area contributed by atoms with Crippen LogP contribution in [-0.4, -0.2) is 60.4 Å². The van der Waals surface area contributed by atoms with Crippen LogP contribution in [0.4, 0.5) is 0 Å². The number of hydrogen-bond donors (Lipinski definition) is 1. The van der Waals surface area contributed by atoms with E-state index in [2.05, 4.69) is 0 Å². The number of ether oxygens (including phenoxy) is 2. The summed E-state index contributed by atoms with van der Waals surface area (Å²) in [5, 5.41) is 11.3. The van der Waals surface area contributed by atoms with Crippen molar-refractivity contribution in [3.63, 3.8) is 0 Å². The van der Waals surface area contributed by atoms with Crippen molar-refractivity contribution in [1.82, 2.24) is 9.80 Å². The molecule has 1 amide bonds. The number of nitrogens with zero attached hydrogens (tertiary/aromatic N) is 2. The van der Waals surface area contributed by atoms with Gasteiger partial charge in [-0.25, -0.2) is 0 Å². The first-order valence-corrected chi connectivity index (χ1v) is 12.3. The topological polar surface area (TPSA) is 79.3 Å². The molecule has 1 fully saturated rings. The van der Waals surface area contributed by atoms with Crippen molar-refractivity contribution in [2.75, 3.05) is 33.8 Å². The zero-order valence-electron chi connectivity index (χ0n) is 21.4. The quantitative estimate of drug-likeness (QED) is 0.248. The molecule has 1 N–H and O–H groups in total. The minimum Gasteiger partial charge on any atom is -0.507 e. The van der Waals surface area contributed by atoms with E-state index in [-0.39, 0.29) is 11.3 Å². The van der Waals surface area contributed by atoms with Gasteiger partial charge in [0, 0.05) is 18.7 Å². The smallest absolute Gasteiger partial charge is 0.295 e. The molecule has 0 bridgehead atoms. The van der Waals surface area contributed by atoms with Crippen LogP contribution < -0.4 is 9.47 Å². The van der Waals surface area contributed by atoms with Crippen LogP contribution in [0.1, 0.15) is 29.7 Å². The molecule has 0 spiro atoms. The molecule has 0 aliphatic carbocycles. The van der Waals surface area contributed by atoms with Crippen molar-refractivity contribution in [2.24, 2.45) is 0 Å². The predicted octanol–water partition coefficient (Wildman–Crippen LogP) is 4.65. The molecule has 4 rings (SSSR count). The van der Waals surface area contributed by atoms with Crippen LogP contribution in [0.2, 0.25) is 0 Å². The van der Waals surface area contributed by atoms with Crippen LogP contribution in [0.3, 0.4) is 0 Å². The number of carbonyl (C=O) groups is 2. The van der Waals surface area contributed by atoms with Gasteiger partial charge >= 0.3 is 0 Å². The highest BCUT2D eigenvalue weighted by Crippen LogP contribution is 2.40. The molecular formula is C30H32N2O5. The Morgan fingerprint density at radius 2 is 1.65 bits per heavy atom. The number of likely N-dealkylation sites (N-methyl/N-ethyl adjacent to an activating group) is 1. The second kappa shape index (κ2) is 11.8. The zero-order valence-corrected chi connectivity index (χ0v) is 21.4. The Balaban J connectivity index is 1.72. The van der Waals surface area contributed by atoms with Gasteiger partial charge in [0.25, 0.3) is 11.7 Å². The molecule has 192 valence electrons. The monoisotopic (exact) mass is 500 g/mol. The van der Waals surface area contributed by atoms with Gasteiger partial charge in [-0.1, -0.05) is 42.5 Å². The fraction of sp³-hybridized carbons (Fsp3) is 0.267. The number of hydrogen-bond acceptors (Lipinski definition) is 6. The van der Waals surface area contributed by atoms with Crippen LogP contribution >= 0.6 is 0 Å². The maximum Gasteiger partial charge on any atom is 0.295 e. The van der Waals surface area contributed by atoms with Crippen molar-refractivity contribution < 1.29 is 24.2 Å². The van der Waals surface area contributed by atoms with Gasteiger partial charge in [0.2, 0.25) is 0 Å². The first-order valence-electron chi connectivity index (χ1n) is 12.3. The largest absolute Gasteiger partial charge is 0.507 e. The summed E-state index contributed by atoms with van der Waals surface area (Å²) in [5.74, 6) is -0.277. The Bertz CT molecular complexity index is 1270. The number of benzene rings is 3. The SMILES string of the molecule is CCOc1ccc(/C(O)=C2/C(=O)C(=O)N(CCN(C)C)C2c2cccc(OCc3ccccc3)c2)cc1. The Morgan fingerprint density at radius 3 is 2.32 bits per heavy atom. The van der Waals surface area contributed by atoms with E-state index in [4.69, 9.17) is 9.47 Å². The third kappa shape index (κ3) is 6.01. The van der Waals surface area contributed by atoms with Gasteiger partial charge in [-0.15, -0.1) is 0 Å². The maximum atomic E-state index is 13.2. The summed E-state index contributed by atoms with van der Waals surface area (Å²) in [6.07, 6.45) is 0. The van der Waals surface area contributed by atoms with Gasteiger partial charge in [-0.2, -0.15) is 0 Å². The summed E-state index contributed by atoms with van der Waals surface area (Å²) in [7, 11) is 3.81. The minimum absolute atomic E-state index is 0.0631. The summed E-state index contributed by atoms with van der Waals surface area (Å²) in [5.41, 5.74) is 2.22. The number of likely N-dealkylation sites (tertiary alicyclic amines) is 1. The van der Waals surface area contributed by atoms with E-state index < -0.39 is 17.7 Å². The van der Waals surface area contributed by atoms with Crippen molar-refractivity contribution in [3.8, 4) is 11.5 Å².